The monoisotopic (exact) mass is 172 g/mol. The summed E-state index contributed by atoms with van der Waals surface area (Å²) >= 11 is 0. The third kappa shape index (κ3) is 1.78. The van der Waals surface area contributed by atoms with E-state index < -0.39 is 0 Å². The maximum absolute atomic E-state index is 11.0. The van der Waals surface area contributed by atoms with Gasteiger partial charge in [0.15, 0.2) is 6.10 Å². The molecule has 1 rings (SSSR count). The Morgan fingerprint density at radius 1 is 1.42 bits per heavy atom. The molecule has 0 aromatic carbocycles. The van der Waals surface area contributed by atoms with E-state index in [1.54, 1.807) is 6.92 Å². The van der Waals surface area contributed by atoms with Crippen LogP contribution in [0, 0.1) is 5.92 Å². The third-order valence-electron chi connectivity index (χ3n) is 2.34. The zero-order valence-electron chi connectivity index (χ0n) is 7.87. The molecular formula is C9H16O3. The number of rotatable bonds is 3. The van der Waals surface area contributed by atoms with E-state index in [0.29, 0.717) is 5.92 Å². The van der Waals surface area contributed by atoms with E-state index in [4.69, 9.17) is 9.47 Å². The van der Waals surface area contributed by atoms with Gasteiger partial charge in [0.25, 0.3) is 0 Å². The Labute approximate surface area is 73.0 Å². The third-order valence-corrected chi connectivity index (χ3v) is 2.34. The lowest BCUT2D eigenvalue weighted by atomic mass is 10.0. The molecule has 3 heteroatoms. The molecule has 1 heterocycles. The molecule has 1 aliphatic heterocycles. The Hall–Kier alpha value is -0.570. The van der Waals surface area contributed by atoms with Crippen LogP contribution in [-0.4, -0.2) is 18.4 Å². The first-order chi connectivity index (χ1) is 5.69. The lowest BCUT2D eigenvalue weighted by molar-refractivity contribution is -0.148. The van der Waals surface area contributed by atoms with Crippen molar-refractivity contribution in [3.05, 3.63) is 0 Å². The molecule has 0 spiro atoms. The van der Waals surface area contributed by atoms with E-state index in [2.05, 4.69) is 13.8 Å². The number of esters is 1. The minimum absolute atomic E-state index is 0.230. The van der Waals surface area contributed by atoms with Crippen LogP contribution in [0.2, 0.25) is 0 Å². The van der Waals surface area contributed by atoms with Gasteiger partial charge in [0.2, 0.25) is 6.29 Å². The minimum atomic E-state index is -0.379. The summed E-state index contributed by atoms with van der Waals surface area (Å²) in [4.78, 5) is 11.0. The molecule has 0 saturated carbocycles. The molecule has 1 saturated heterocycles. The maximum Gasteiger partial charge on any atom is 0.337 e. The Morgan fingerprint density at radius 2 is 2.00 bits per heavy atom. The second-order valence-electron chi connectivity index (χ2n) is 3.16. The van der Waals surface area contributed by atoms with E-state index in [-0.39, 0.29) is 18.4 Å². The topological polar surface area (TPSA) is 35.5 Å². The molecule has 0 bridgehead atoms. The predicted molar refractivity (Wildman–Crippen MR) is 44.5 cm³/mol. The molecule has 12 heavy (non-hydrogen) atoms. The molecule has 0 amide bonds. The smallest absolute Gasteiger partial charge is 0.337 e. The van der Waals surface area contributed by atoms with Crippen LogP contribution in [0.3, 0.4) is 0 Å². The van der Waals surface area contributed by atoms with Crippen LogP contribution in [0.15, 0.2) is 0 Å². The first kappa shape index (κ1) is 9.52. The summed E-state index contributed by atoms with van der Waals surface area (Å²) in [7, 11) is 0. The fourth-order valence-electron chi connectivity index (χ4n) is 1.38. The highest BCUT2D eigenvalue weighted by atomic mass is 16.8. The van der Waals surface area contributed by atoms with Gasteiger partial charge in [-0.15, -0.1) is 0 Å². The Morgan fingerprint density at radius 3 is 2.33 bits per heavy atom. The van der Waals surface area contributed by atoms with Gasteiger partial charge in [0, 0.05) is 5.92 Å². The zero-order chi connectivity index (χ0) is 9.14. The van der Waals surface area contributed by atoms with E-state index in [0.717, 1.165) is 12.8 Å². The lowest BCUT2D eigenvalue weighted by Crippen LogP contribution is -2.20. The number of ether oxygens (including phenoxy) is 2. The van der Waals surface area contributed by atoms with E-state index in [1.807, 2.05) is 0 Å². The molecular weight excluding hydrogens is 156 g/mol. The molecule has 0 radical (unpaired) electrons. The van der Waals surface area contributed by atoms with E-state index >= 15 is 0 Å². The number of carbonyl (C=O) groups is 1. The highest BCUT2D eigenvalue weighted by Gasteiger charge is 2.35. The average molecular weight is 172 g/mol. The largest absolute Gasteiger partial charge is 0.434 e. The zero-order valence-corrected chi connectivity index (χ0v) is 7.87. The van der Waals surface area contributed by atoms with Crippen LogP contribution in [0.1, 0.15) is 33.6 Å². The molecule has 2 unspecified atom stereocenters. The molecule has 2 atom stereocenters. The molecule has 1 aliphatic rings. The molecule has 3 nitrogen and oxygen atoms in total. The van der Waals surface area contributed by atoms with Gasteiger partial charge >= 0.3 is 5.97 Å². The Bertz CT molecular complexity index is 163. The van der Waals surface area contributed by atoms with Crippen LogP contribution in [-0.2, 0) is 14.3 Å². The van der Waals surface area contributed by atoms with Gasteiger partial charge < -0.3 is 9.47 Å². The Balaban J connectivity index is 2.49. The van der Waals surface area contributed by atoms with Crippen molar-refractivity contribution in [2.45, 2.75) is 46.0 Å². The van der Waals surface area contributed by atoms with Crippen LogP contribution in [0.5, 0.6) is 0 Å². The normalized spacial score (nSPS) is 29.5. The maximum atomic E-state index is 11.0. The van der Waals surface area contributed by atoms with Crippen LogP contribution in [0.4, 0.5) is 0 Å². The number of hydrogen-bond donors (Lipinski definition) is 0. The van der Waals surface area contributed by atoms with Crippen LogP contribution in [0.25, 0.3) is 0 Å². The second-order valence-corrected chi connectivity index (χ2v) is 3.16. The van der Waals surface area contributed by atoms with Gasteiger partial charge in [0.1, 0.15) is 0 Å². The van der Waals surface area contributed by atoms with Gasteiger partial charge in [-0.05, 0) is 19.8 Å². The van der Waals surface area contributed by atoms with Crippen molar-refractivity contribution in [2.75, 3.05) is 0 Å². The number of hydrogen-bond acceptors (Lipinski definition) is 3. The van der Waals surface area contributed by atoms with Crippen molar-refractivity contribution in [3.63, 3.8) is 0 Å². The summed E-state index contributed by atoms with van der Waals surface area (Å²) in [6.45, 7) is 5.88. The summed E-state index contributed by atoms with van der Waals surface area (Å²) in [5.74, 6) is 0.116. The number of cyclic esters (lactones) is 1. The quantitative estimate of drug-likeness (QED) is 0.608. The van der Waals surface area contributed by atoms with Crippen molar-refractivity contribution in [2.24, 2.45) is 5.92 Å². The molecule has 1 fully saturated rings. The molecule has 0 aromatic rings. The van der Waals surface area contributed by atoms with Crippen LogP contribution < -0.4 is 0 Å². The fraction of sp³-hybridized carbons (Fsp3) is 0.889. The van der Waals surface area contributed by atoms with Crippen molar-refractivity contribution in [1.82, 2.24) is 0 Å². The van der Waals surface area contributed by atoms with E-state index in [1.165, 1.54) is 0 Å². The van der Waals surface area contributed by atoms with Gasteiger partial charge in [0.05, 0.1) is 0 Å². The summed E-state index contributed by atoms with van der Waals surface area (Å²) < 4.78 is 10.4. The van der Waals surface area contributed by atoms with E-state index in [9.17, 15) is 4.79 Å². The SMILES string of the molecule is CCC(CC)C1OC(=O)C(C)O1. The van der Waals surface area contributed by atoms with Crippen molar-refractivity contribution >= 4 is 5.97 Å². The van der Waals surface area contributed by atoms with Crippen molar-refractivity contribution in [1.29, 1.82) is 0 Å². The van der Waals surface area contributed by atoms with Gasteiger partial charge in [-0.2, -0.15) is 0 Å². The fourth-order valence-corrected chi connectivity index (χ4v) is 1.38. The van der Waals surface area contributed by atoms with Gasteiger partial charge in [-0.25, -0.2) is 4.79 Å². The molecule has 0 aromatic heterocycles. The molecule has 70 valence electrons. The van der Waals surface area contributed by atoms with Gasteiger partial charge in [-0.1, -0.05) is 13.8 Å². The molecule has 0 N–H and O–H groups in total. The van der Waals surface area contributed by atoms with Crippen molar-refractivity contribution < 1.29 is 14.3 Å². The van der Waals surface area contributed by atoms with Crippen molar-refractivity contribution in [3.8, 4) is 0 Å². The highest BCUT2D eigenvalue weighted by molar-refractivity contribution is 5.75. The summed E-state index contributed by atoms with van der Waals surface area (Å²) in [6, 6.07) is 0. The standard InChI is InChI=1S/C9H16O3/c1-4-7(5-2)9-11-6(3)8(10)12-9/h6-7,9H,4-5H2,1-3H3. The summed E-state index contributed by atoms with van der Waals surface area (Å²) in [5, 5.41) is 0. The van der Waals surface area contributed by atoms with Gasteiger partial charge in [-0.3, -0.25) is 0 Å². The first-order valence-corrected chi connectivity index (χ1v) is 4.55. The summed E-state index contributed by atoms with van der Waals surface area (Å²) in [5.41, 5.74) is 0. The number of carbonyl (C=O) groups excluding carboxylic acids is 1. The highest BCUT2D eigenvalue weighted by Crippen LogP contribution is 2.24. The minimum Gasteiger partial charge on any atom is -0.434 e. The lowest BCUT2D eigenvalue weighted by Gasteiger charge is -2.17. The summed E-state index contributed by atoms with van der Waals surface area (Å²) in [6.07, 6.45) is 1.29. The first-order valence-electron chi connectivity index (χ1n) is 4.55. The predicted octanol–water partition coefficient (Wildman–Crippen LogP) is 1.71. The van der Waals surface area contributed by atoms with Crippen LogP contribution >= 0.6 is 0 Å². The second kappa shape index (κ2) is 3.90. The molecule has 0 aliphatic carbocycles. The Kier molecular flexibility index (Phi) is 3.09. The average Bonchev–Trinajstić information content (AvgIpc) is 2.35.